The quantitative estimate of drug-likeness (QED) is 0.602. The van der Waals surface area contributed by atoms with Crippen molar-refractivity contribution in [3.63, 3.8) is 0 Å². The van der Waals surface area contributed by atoms with Crippen LogP contribution < -0.4 is 9.64 Å². The molecular formula is C11H15NO. The fraction of sp³-hybridized carbons (Fsp3) is 0.455. The Balaban J connectivity index is 2.58. The van der Waals surface area contributed by atoms with Gasteiger partial charge in [0.2, 0.25) is 0 Å². The molecule has 1 aliphatic heterocycles. The Hall–Kier alpha value is -1.18. The van der Waals surface area contributed by atoms with Gasteiger partial charge >= 0.3 is 0 Å². The molecule has 0 saturated heterocycles. The Morgan fingerprint density at radius 3 is 2.85 bits per heavy atom. The molecule has 0 aromatic heterocycles. The largest absolute Gasteiger partial charge is 0.490 e. The standard InChI is InChI=1S/C11H15NO/c1-8-4-5-10-11(9(8)2)12(3)6-7-13-10/h4-5H,6-7H2,1-3H3. The van der Waals surface area contributed by atoms with E-state index in [9.17, 15) is 0 Å². The molecule has 2 heteroatoms. The Morgan fingerprint density at radius 2 is 2.08 bits per heavy atom. The van der Waals surface area contributed by atoms with Crippen molar-refractivity contribution >= 4 is 5.69 Å². The highest BCUT2D eigenvalue weighted by atomic mass is 16.5. The molecule has 13 heavy (non-hydrogen) atoms. The van der Waals surface area contributed by atoms with E-state index in [2.05, 4.69) is 37.9 Å². The van der Waals surface area contributed by atoms with Crippen LogP contribution in [0.15, 0.2) is 12.1 Å². The molecule has 0 atom stereocenters. The first-order valence-electron chi connectivity index (χ1n) is 4.64. The van der Waals surface area contributed by atoms with E-state index in [4.69, 9.17) is 4.74 Å². The van der Waals surface area contributed by atoms with E-state index in [0.29, 0.717) is 0 Å². The molecule has 2 rings (SSSR count). The van der Waals surface area contributed by atoms with E-state index < -0.39 is 0 Å². The van der Waals surface area contributed by atoms with Crippen molar-refractivity contribution in [3.8, 4) is 5.75 Å². The highest BCUT2D eigenvalue weighted by Gasteiger charge is 2.17. The Kier molecular flexibility index (Phi) is 1.91. The Morgan fingerprint density at radius 1 is 1.31 bits per heavy atom. The summed E-state index contributed by atoms with van der Waals surface area (Å²) in [6.07, 6.45) is 0. The van der Waals surface area contributed by atoms with Crippen molar-refractivity contribution in [1.82, 2.24) is 0 Å². The Bertz CT molecular complexity index is 333. The van der Waals surface area contributed by atoms with Crippen LogP contribution in [-0.2, 0) is 0 Å². The molecule has 0 spiro atoms. The number of benzene rings is 1. The van der Waals surface area contributed by atoms with Gasteiger partial charge in [0.15, 0.2) is 0 Å². The highest BCUT2D eigenvalue weighted by molar-refractivity contribution is 5.66. The van der Waals surface area contributed by atoms with Gasteiger partial charge in [0.25, 0.3) is 0 Å². The average Bonchev–Trinajstić information content (AvgIpc) is 2.12. The fourth-order valence-corrected chi connectivity index (χ4v) is 1.77. The number of hydrogen-bond donors (Lipinski definition) is 0. The zero-order valence-electron chi connectivity index (χ0n) is 8.42. The minimum absolute atomic E-state index is 0.798. The molecule has 1 aromatic carbocycles. The molecule has 0 N–H and O–H groups in total. The number of ether oxygens (including phenoxy) is 1. The predicted molar refractivity (Wildman–Crippen MR) is 54.7 cm³/mol. The van der Waals surface area contributed by atoms with Crippen molar-refractivity contribution in [2.45, 2.75) is 13.8 Å². The van der Waals surface area contributed by atoms with Gasteiger partial charge < -0.3 is 9.64 Å². The van der Waals surface area contributed by atoms with Crippen LogP contribution in [0.3, 0.4) is 0 Å². The van der Waals surface area contributed by atoms with Gasteiger partial charge in [0.1, 0.15) is 12.4 Å². The molecule has 70 valence electrons. The third kappa shape index (κ3) is 1.26. The lowest BCUT2D eigenvalue weighted by Crippen LogP contribution is -2.29. The molecule has 0 fully saturated rings. The monoisotopic (exact) mass is 177 g/mol. The van der Waals surface area contributed by atoms with Crippen LogP contribution in [0.1, 0.15) is 11.1 Å². The van der Waals surface area contributed by atoms with Gasteiger partial charge in [-0.15, -0.1) is 0 Å². The number of anilines is 1. The lowest BCUT2D eigenvalue weighted by atomic mass is 10.1. The van der Waals surface area contributed by atoms with E-state index in [-0.39, 0.29) is 0 Å². The maximum atomic E-state index is 5.59. The SMILES string of the molecule is Cc1ccc2c(c1C)N(C)CCO2. The molecule has 1 aromatic rings. The fourth-order valence-electron chi connectivity index (χ4n) is 1.77. The van der Waals surface area contributed by atoms with Gasteiger partial charge in [-0.2, -0.15) is 0 Å². The summed E-state index contributed by atoms with van der Waals surface area (Å²) in [5.41, 5.74) is 3.92. The summed E-state index contributed by atoms with van der Waals surface area (Å²) in [7, 11) is 2.12. The van der Waals surface area contributed by atoms with E-state index in [0.717, 1.165) is 18.9 Å². The predicted octanol–water partition coefficient (Wildman–Crippen LogP) is 2.13. The molecule has 1 aliphatic rings. The minimum Gasteiger partial charge on any atom is -0.490 e. The maximum Gasteiger partial charge on any atom is 0.142 e. The summed E-state index contributed by atoms with van der Waals surface area (Å²) in [5, 5.41) is 0. The third-order valence-corrected chi connectivity index (χ3v) is 2.73. The van der Waals surface area contributed by atoms with Gasteiger partial charge in [-0.1, -0.05) is 6.07 Å². The molecule has 0 amide bonds. The van der Waals surface area contributed by atoms with Crippen LogP contribution in [0.2, 0.25) is 0 Å². The van der Waals surface area contributed by atoms with Gasteiger partial charge in [-0.25, -0.2) is 0 Å². The minimum atomic E-state index is 0.798. The number of nitrogens with zero attached hydrogens (tertiary/aromatic N) is 1. The van der Waals surface area contributed by atoms with E-state index in [1.165, 1.54) is 16.8 Å². The lowest BCUT2D eigenvalue weighted by molar-refractivity contribution is 0.311. The topological polar surface area (TPSA) is 12.5 Å². The molecular weight excluding hydrogens is 162 g/mol. The molecule has 1 heterocycles. The van der Waals surface area contributed by atoms with Gasteiger partial charge in [-0.05, 0) is 31.0 Å². The second kappa shape index (κ2) is 2.95. The molecule has 0 saturated carbocycles. The summed E-state index contributed by atoms with van der Waals surface area (Å²) in [6, 6.07) is 4.18. The lowest BCUT2D eigenvalue weighted by Gasteiger charge is -2.29. The molecule has 0 radical (unpaired) electrons. The van der Waals surface area contributed by atoms with E-state index in [1.807, 2.05) is 0 Å². The third-order valence-electron chi connectivity index (χ3n) is 2.73. The smallest absolute Gasteiger partial charge is 0.142 e. The van der Waals surface area contributed by atoms with Gasteiger partial charge in [-0.3, -0.25) is 0 Å². The highest BCUT2D eigenvalue weighted by Crippen LogP contribution is 2.35. The first-order valence-corrected chi connectivity index (χ1v) is 4.64. The van der Waals surface area contributed by atoms with Gasteiger partial charge in [0.05, 0.1) is 12.2 Å². The average molecular weight is 177 g/mol. The van der Waals surface area contributed by atoms with Crippen LogP contribution in [-0.4, -0.2) is 20.2 Å². The van der Waals surface area contributed by atoms with Crippen molar-refractivity contribution < 1.29 is 4.74 Å². The van der Waals surface area contributed by atoms with Crippen LogP contribution in [0, 0.1) is 13.8 Å². The second-order valence-corrected chi connectivity index (χ2v) is 3.62. The van der Waals surface area contributed by atoms with Crippen molar-refractivity contribution in [2.75, 3.05) is 25.1 Å². The van der Waals surface area contributed by atoms with Crippen LogP contribution in [0.25, 0.3) is 0 Å². The maximum absolute atomic E-state index is 5.59. The van der Waals surface area contributed by atoms with E-state index >= 15 is 0 Å². The first kappa shape index (κ1) is 8.42. The van der Waals surface area contributed by atoms with Crippen molar-refractivity contribution in [3.05, 3.63) is 23.3 Å². The summed E-state index contributed by atoms with van der Waals surface area (Å²) in [4.78, 5) is 2.27. The van der Waals surface area contributed by atoms with Crippen molar-refractivity contribution in [2.24, 2.45) is 0 Å². The summed E-state index contributed by atoms with van der Waals surface area (Å²) < 4.78 is 5.59. The normalized spacial score (nSPS) is 15.2. The second-order valence-electron chi connectivity index (χ2n) is 3.62. The number of hydrogen-bond acceptors (Lipinski definition) is 2. The van der Waals surface area contributed by atoms with Gasteiger partial charge in [0, 0.05) is 7.05 Å². The Labute approximate surface area is 79.1 Å². The zero-order valence-corrected chi connectivity index (χ0v) is 8.42. The molecule has 0 unspecified atom stereocenters. The summed E-state index contributed by atoms with van der Waals surface area (Å²) >= 11 is 0. The number of likely N-dealkylation sites (N-methyl/N-ethyl adjacent to an activating group) is 1. The summed E-state index contributed by atoms with van der Waals surface area (Å²) in [5.74, 6) is 1.02. The first-order chi connectivity index (χ1) is 6.20. The van der Waals surface area contributed by atoms with Crippen LogP contribution in [0.4, 0.5) is 5.69 Å². The van der Waals surface area contributed by atoms with Crippen molar-refractivity contribution in [1.29, 1.82) is 0 Å². The zero-order chi connectivity index (χ0) is 9.42. The molecule has 0 aliphatic carbocycles. The van der Waals surface area contributed by atoms with E-state index in [1.54, 1.807) is 0 Å². The summed E-state index contributed by atoms with van der Waals surface area (Å²) in [6.45, 7) is 6.07. The molecule has 2 nitrogen and oxygen atoms in total. The molecule has 0 bridgehead atoms. The van der Waals surface area contributed by atoms with Crippen LogP contribution >= 0.6 is 0 Å². The number of aryl methyl sites for hydroxylation is 1. The number of fused-ring (bicyclic) bond motifs is 1. The van der Waals surface area contributed by atoms with Crippen LogP contribution in [0.5, 0.6) is 5.75 Å². The number of rotatable bonds is 0.